The first-order chi connectivity index (χ1) is 9.10. The van der Waals surface area contributed by atoms with Gasteiger partial charge in [-0.2, -0.15) is 0 Å². The lowest BCUT2D eigenvalue weighted by Gasteiger charge is -2.05. The van der Waals surface area contributed by atoms with Gasteiger partial charge in [-0.25, -0.2) is 0 Å². The van der Waals surface area contributed by atoms with Crippen LogP contribution in [0.25, 0.3) is 0 Å². The van der Waals surface area contributed by atoms with E-state index in [-0.39, 0.29) is 5.78 Å². The van der Waals surface area contributed by atoms with Crippen molar-refractivity contribution in [1.29, 1.82) is 0 Å². The van der Waals surface area contributed by atoms with Crippen molar-refractivity contribution in [3.05, 3.63) is 69.2 Å². The monoisotopic (exact) mass is 292 g/mol. The van der Waals surface area contributed by atoms with Crippen molar-refractivity contribution in [2.75, 3.05) is 0 Å². The third-order valence-corrected chi connectivity index (χ3v) is 3.74. The maximum Gasteiger partial charge on any atom is 0.167 e. The molecule has 98 valence electrons. The average Bonchev–Trinajstić information content (AvgIpc) is 2.43. The van der Waals surface area contributed by atoms with E-state index in [0.717, 1.165) is 17.5 Å². The minimum Gasteiger partial charge on any atom is -0.294 e. The molecule has 0 atom stereocenters. The molecule has 0 aliphatic heterocycles. The highest BCUT2D eigenvalue weighted by molar-refractivity contribution is 6.42. The standard InChI is InChI=1S/C16H14Cl2O/c1-2-11-4-3-5-13(8-11)16(19)10-12-6-7-14(17)15(18)9-12/h3-9H,2,10H2,1H3. The highest BCUT2D eigenvalue weighted by atomic mass is 35.5. The quantitative estimate of drug-likeness (QED) is 0.726. The Kier molecular flexibility index (Phi) is 4.62. The molecule has 0 saturated carbocycles. The Morgan fingerprint density at radius 2 is 1.79 bits per heavy atom. The van der Waals surface area contributed by atoms with Gasteiger partial charge in [-0.1, -0.05) is 54.4 Å². The number of hydrogen-bond acceptors (Lipinski definition) is 1. The van der Waals surface area contributed by atoms with E-state index in [1.165, 1.54) is 5.56 Å². The lowest BCUT2D eigenvalue weighted by atomic mass is 10.0. The van der Waals surface area contributed by atoms with Gasteiger partial charge in [0.15, 0.2) is 5.78 Å². The van der Waals surface area contributed by atoms with Crippen LogP contribution in [0.1, 0.15) is 28.4 Å². The van der Waals surface area contributed by atoms with Gasteiger partial charge in [0.25, 0.3) is 0 Å². The van der Waals surface area contributed by atoms with Gasteiger partial charge in [0.05, 0.1) is 10.0 Å². The zero-order valence-corrected chi connectivity index (χ0v) is 12.1. The maximum absolute atomic E-state index is 12.2. The van der Waals surface area contributed by atoms with Crippen LogP contribution >= 0.6 is 23.2 Å². The molecule has 0 amide bonds. The summed E-state index contributed by atoms with van der Waals surface area (Å²) in [7, 11) is 0. The molecule has 0 aliphatic rings. The Morgan fingerprint density at radius 3 is 2.47 bits per heavy atom. The molecule has 0 spiro atoms. The van der Waals surface area contributed by atoms with E-state index in [1.54, 1.807) is 12.1 Å². The summed E-state index contributed by atoms with van der Waals surface area (Å²) in [4.78, 5) is 12.2. The van der Waals surface area contributed by atoms with Crippen LogP contribution in [0.5, 0.6) is 0 Å². The molecule has 0 unspecified atom stereocenters. The van der Waals surface area contributed by atoms with Crippen LogP contribution in [0.3, 0.4) is 0 Å². The lowest BCUT2D eigenvalue weighted by molar-refractivity contribution is 0.0993. The average molecular weight is 293 g/mol. The molecular formula is C16H14Cl2O. The van der Waals surface area contributed by atoms with E-state index in [2.05, 4.69) is 6.92 Å². The summed E-state index contributed by atoms with van der Waals surface area (Å²) in [6.07, 6.45) is 1.26. The minimum absolute atomic E-state index is 0.0914. The van der Waals surface area contributed by atoms with Gasteiger partial charge in [0.2, 0.25) is 0 Å². The zero-order chi connectivity index (χ0) is 13.8. The van der Waals surface area contributed by atoms with Gasteiger partial charge in [0.1, 0.15) is 0 Å². The minimum atomic E-state index is 0.0914. The number of halogens is 2. The smallest absolute Gasteiger partial charge is 0.167 e. The number of ketones is 1. The van der Waals surface area contributed by atoms with E-state index in [0.29, 0.717) is 16.5 Å². The first-order valence-corrected chi connectivity index (χ1v) is 6.92. The number of hydrogen-bond donors (Lipinski definition) is 0. The molecule has 0 fully saturated rings. The van der Waals surface area contributed by atoms with Crippen LogP contribution in [-0.2, 0) is 12.8 Å². The largest absolute Gasteiger partial charge is 0.294 e. The highest BCUT2D eigenvalue weighted by Crippen LogP contribution is 2.23. The summed E-state index contributed by atoms with van der Waals surface area (Å²) in [6, 6.07) is 13.0. The molecule has 0 aromatic heterocycles. The Morgan fingerprint density at radius 1 is 1.00 bits per heavy atom. The first-order valence-electron chi connectivity index (χ1n) is 6.16. The highest BCUT2D eigenvalue weighted by Gasteiger charge is 2.08. The SMILES string of the molecule is CCc1cccc(C(=O)Cc2ccc(Cl)c(Cl)c2)c1. The molecule has 0 N–H and O–H groups in total. The molecule has 1 nitrogen and oxygen atoms in total. The molecule has 19 heavy (non-hydrogen) atoms. The molecule has 2 rings (SSSR count). The Hall–Kier alpha value is -1.31. The predicted octanol–water partition coefficient (Wildman–Crippen LogP) is 4.98. The summed E-state index contributed by atoms with van der Waals surface area (Å²) in [5.74, 6) is 0.0914. The number of rotatable bonds is 4. The van der Waals surface area contributed by atoms with Crippen LogP contribution in [-0.4, -0.2) is 5.78 Å². The van der Waals surface area contributed by atoms with Crippen LogP contribution in [0.4, 0.5) is 0 Å². The molecule has 0 saturated heterocycles. The van der Waals surface area contributed by atoms with Gasteiger partial charge in [-0.15, -0.1) is 0 Å². The fourth-order valence-corrected chi connectivity index (χ4v) is 2.22. The molecule has 0 radical (unpaired) electrons. The maximum atomic E-state index is 12.2. The predicted molar refractivity (Wildman–Crippen MR) is 80.3 cm³/mol. The number of Topliss-reactive ketones (excluding diaryl/α,β-unsaturated/α-hetero) is 1. The Balaban J connectivity index is 2.18. The Bertz CT molecular complexity index is 605. The van der Waals surface area contributed by atoms with E-state index in [1.807, 2.05) is 30.3 Å². The third-order valence-electron chi connectivity index (χ3n) is 3.01. The van der Waals surface area contributed by atoms with E-state index < -0.39 is 0 Å². The van der Waals surface area contributed by atoms with Crippen LogP contribution in [0, 0.1) is 0 Å². The van der Waals surface area contributed by atoms with Gasteiger partial charge >= 0.3 is 0 Å². The zero-order valence-electron chi connectivity index (χ0n) is 10.6. The van der Waals surface area contributed by atoms with Crippen LogP contribution in [0.2, 0.25) is 10.0 Å². The molecule has 0 heterocycles. The van der Waals surface area contributed by atoms with Crippen LogP contribution < -0.4 is 0 Å². The van der Waals surface area contributed by atoms with Crippen molar-refractivity contribution >= 4 is 29.0 Å². The number of benzene rings is 2. The topological polar surface area (TPSA) is 17.1 Å². The van der Waals surface area contributed by atoms with Crippen molar-refractivity contribution < 1.29 is 4.79 Å². The fourth-order valence-electron chi connectivity index (χ4n) is 1.90. The molecule has 0 aliphatic carbocycles. The number of aryl methyl sites for hydroxylation is 1. The van der Waals surface area contributed by atoms with Crippen molar-refractivity contribution in [2.45, 2.75) is 19.8 Å². The third kappa shape index (κ3) is 3.59. The second-order valence-corrected chi connectivity index (χ2v) is 5.22. The fraction of sp³-hybridized carbons (Fsp3) is 0.188. The second-order valence-electron chi connectivity index (χ2n) is 4.40. The summed E-state index contributed by atoms with van der Waals surface area (Å²) in [5.41, 5.74) is 2.78. The van der Waals surface area contributed by atoms with E-state index in [4.69, 9.17) is 23.2 Å². The molecule has 2 aromatic rings. The summed E-state index contributed by atoms with van der Waals surface area (Å²) >= 11 is 11.8. The number of carbonyl (C=O) groups is 1. The van der Waals surface area contributed by atoms with Gasteiger partial charge < -0.3 is 0 Å². The van der Waals surface area contributed by atoms with Crippen molar-refractivity contribution in [3.63, 3.8) is 0 Å². The van der Waals surface area contributed by atoms with E-state index in [9.17, 15) is 4.79 Å². The van der Waals surface area contributed by atoms with Crippen LogP contribution in [0.15, 0.2) is 42.5 Å². The summed E-state index contributed by atoms with van der Waals surface area (Å²) in [5, 5.41) is 0.986. The number of carbonyl (C=O) groups excluding carboxylic acids is 1. The lowest BCUT2D eigenvalue weighted by Crippen LogP contribution is -2.04. The molecule has 0 bridgehead atoms. The second kappa shape index (κ2) is 6.23. The molecule has 3 heteroatoms. The molecular weight excluding hydrogens is 279 g/mol. The van der Waals surface area contributed by atoms with Crippen molar-refractivity contribution in [1.82, 2.24) is 0 Å². The summed E-state index contributed by atoms with van der Waals surface area (Å²) < 4.78 is 0. The van der Waals surface area contributed by atoms with E-state index >= 15 is 0 Å². The van der Waals surface area contributed by atoms with Crippen molar-refractivity contribution in [2.24, 2.45) is 0 Å². The van der Waals surface area contributed by atoms with Gasteiger partial charge in [-0.05, 0) is 35.7 Å². The molecule has 2 aromatic carbocycles. The first kappa shape index (κ1) is 14.1. The Labute approximate surface area is 123 Å². The summed E-state index contributed by atoms with van der Waals surface area (Å²) in [6.45, 7) is 2.07. The van der Waals surface area contributed by atoms with Crippen molar-refractivity contribution in [3.8, 4) is 0 Å². The van der Waals surface area contributed by atoms with Gasteiger partial charge in [0, 0.05) is 12.0 Å². The van der Waals surface area contributed by atoms with Gasteiger partial charge in [-0.3, -0.25) is 4.79 Å². The normalized spacial score (nSPS) is 10.5.